The molecule has 1 aliphatic rings. The van der Waals surface area contributed by atoms with Crippen LogP contribution in [0.25, 0.3) is 0 Å². The van der Waals surface area contributed by atoms with Gasteiger partial charge in [-0.1, -0.05) is 60.7 Å². The maximum atomic E-state index is 11.0. The van der Waals surface area contributed by atoms with Crippen molar-refractivity contribution in [3.05, 3.63) is 130 Å². The van der Waals surface area contributed by atoms with Crippen molar-refractivity contribution in [3.8, 4) is 0 Å². The van der Waals surface area contributed by atoms with Gasteiger partial charge in [-0.3, -0.25) is 10.1 Å². The Morgan fingerprint density at radius 2 is 1.21 bits per heavy atom. The van der Waals surface area contributed by atoms with E-state index in [1.165, 1.54) is 5.56 Å². The van der Waals surface area contributed by atoms with E-state index in [9.17, 15) is 10.1 Å². The number of nitrogens with zero attached hydrogens (tertiary/aromatic N) is 2. The summed E-state index contributed by atoms with van der Waals surface area (Å²) in [4.78, 5) is 12.9. The molecule has 0 unspecified atom stereocenters. The zero-order chi connectivity index (χ0) is 23.4. The molecule has 34 heavy (non-hydrogen) atoms. The largest absolute Gasteiger partial charge is 0.311 e. The molecule has 1 heterocycles. The molecule has 4 nitrogen and oxygen atoms in total. The minimum atomic E-state index is -0.345. The number of thioether (sulfide) groups is 2. The average molecular weight is 485 g/mol. The third-order valence-electron chi connectivity index (χ3n) is 5.93. The monoisotopic (exact) mass is 484 g/mol. The van der Waals surface area contributed by atoms with Crippen LogP contribution in [0.5, 0.6) is 0 Å². The molecule has 1 aliphatic heterocycles. The first kappa shape index (κ1) is 22.6. The van der Waals surface area contributed by atoms with Crippen LogP contribution in [0.2, 0.25) is 0 Å². The van der Waals surface area contributed by atoms with E-state index >= 15 is 0 Å². The third kappa shape index (κ3) is 4.69. The molecule has 0 aromatic heterocycles. The topological polar surface area (TPSA) is 46.4 Å². The lowest BCUT2D eigenvalue weighted by Crippen LogP contribution is -2.18. The maximum Gasteiger partial charge on any atom is 0.269 e. The average Bonchev–Trinajstić information content (AvgIpc) is 3.36. The second-order valence-corrected chi connectivity index (χ2v) is 11.1. The number of para-hydroxylation sites is 2. The highest BCUT2D eigenvalue weighted by Gasteiger charge is 2.37. The van der Waals surface area contributed by atoms with Gasteiger partial charge in [0.15, 0.2) is 0 Å². The van der Waals surface area contributed by atoms with Gasteiger partial charge >= 0.3 is 0 Å². The summed E-state index contributed by atoms with van der Waals surface area (Å²) in [6.45, 7) is 0. The Labute approximate surface area is 208 Å². The molecule has 4 aromatic rings. The fourth-order valence-corrected chi connectivity index (χ4v) is 7.60. The van der Waals surface area contributed by atoms with Gasteiger partial charge in [0, 0.05) is 47.1 Å². The van der Waals surface area contributed by atoms with Crippen molar-refractivity contribution < 1.29 is 4.92 Å². The molecule has 170 valence electrons. The standard InChI is InChI=1S/C28H24N2O2S2/c31-30(32)27-15-11-22(12-16-27)21-28(33-19-20-34-28)23-13-17-26(18-14-23)29(24-7-3-1-4-8-24)25-9-5-2-6-10-25/h1-18H,19-21H2. The smallest absolute Gasteiger partial charge is 0.269 e. The Morgan fingerprint density at radius 3 is 1.71 bits per heavy atom. The van der Waals surface area contributed by atoms with E-state index in [4.69, 9.17) is 0 Å². The molecular weight excluding hydrogens is 460 g/mol. The molecule has 4 aromatic carbocycles. The van der Waals surface area contributed by atoms with Crippen LogP contribution >= 0.6 is 23.5 Å². The van der Waals surface area contributed by atoms with E-state index in [-0.39, 0.29) is 14.7 Å². The normalized spacial score (nSPS) is 14.6. The number of rotatable bonds is 7. The van der Waals surface area contributed by atoms with Crippen LogP contribution < -0.4 is 4.90 Å². The summed E-state index contributed by atoms with van der Waals surface area (Å²) in [5, 5.41) is 11.0. The van der Waals surface area contributed by atoms with Crippen molar-refractivity contribution >= 4 is 46.3 Å². The van der Waals surface area contributed by atoms with Crippen molar-refractivity contribution in [2.24, 2.45) is 0 Å². The summed E-state index contributed by atoms with van der Waals surface area (Å²) in [5.41, 5.74) is 5.88. The number of nitro benzene ring substituents is 1. The highest BCUT2D eigenvalue weighted by atomic mass is 32.2. The first-order valence-corrected chi connectivity index (χ1v) is 13.1. The Bertz CT molecular complexity index is 1200. The predicted molar refractivity (Wildman–Crippen MR) is 145 cm³/mol. The highest BCUT2D eigenvalue weighted by molar-refractivity contribution is 8.20. The lowest BCUT2D eigenvalue weighted by atomic mass is 10.0. The summed E-state index contributed by atoms with van der Waals surface area (Å²) in [6, 6.07) is 36.7. The van der Waals surface area contributed by atoms with Gasteiger partial charge in [-0.15, -0.1) is 23.5 Å². The van der Waals surface area contributed by atoms with Gasteiger partial charge in [-0.2, -0.15) is 0 Å². The highest BCUT2D eigenvalue weighted by Crippen LogP contribution is 2.54. The molecule has 5 rings (SSSR count). The van der Waals surface area contributed by atoms with Gasteiger partial charge in [0.25, 0.3) is 5.69 Å². The molecule has 1 fully saturated rings. The Kier molecular flexibility index (Phi) is 6.61. The van der Waals surface area contributed by atoms with E-state index in [0.717, 1.165) is 40.6 Å². The molecule has 0 aliphatic carbocycles. The molecule has 0 N–H and O–H groups in total. The van der Waals surface area contributed by atoms with Crippen LogP contribution in [0.1, 0.15) is 11.1 Å². The lowest BCUT2D eigenvalue weighted by Gasteiger charge is -2.30. The van der Waals surface area contributed by atoms with Gasteiger partial charge < -0.3 is 4.90 Å². The molecule has 0 spiro atoms. The second-order valence-electron chi connectivity index (χ2n) is 8.10. The van der Waals surface area contributed by atoms with Crippen molar-refractivity contribution in [3.63, 3.8) is 0 Å². The maximum absolute atomic E-state index is 11.0. The second kappa shape index (κ2) is 9.95. The summed E-state index contributed by atoms with van der Waals surface area (Å²) < 4.78 is -0.0843. The molecule has 6 heteroatoms. The van der Waals surface area contributed by atoms with Crippen LogP contribution in [-0.4, -0.2) is 16.4 Å². The number of anilines is 3. The first-order chi connectivity index (χ1) is 16.6. The minimum absolute atomic E-state index is 0.0843. The van der Waals surface area contributed by atoms with Gasteiger partial charge in [0.05, 0.1) is 9.00 Å². The Hall–Kier alpha value is -3.22. The van der Waals surface area contributed by atoms with Crippen LogP contribution in [0.3, 0.4) is 0 Å². The van der Waals surface area contributed by atoms with Crippen molar-refractivity contribution in [1.29, 1.82) is 0 Å². The quantitative estimate of drug-likeness (QED) is 0.197. The van der Waals surface area contributed by atoms with Crippen LogP contribution in [0.15, 0.2) is 109 Å². The SMILES string of the molecule is O=[N+]([O-])c1ccc(CC2(c3ccc(N(c4ccccc4)c4ccccc4)cc3)SCCS2)cc1. The minimum Gasteiger partial charge on any atom is -0.311 e. The van der Waals surface area contributed by atoms with Crippen LogP contribution in [-0.2, 0) is 10.5 Å². The molecule has 0 saturated carbocycles. The molecule has 0 bridgehead atoms. The number of non-ortho nitro benzene ring substituents is 1. The van der Waals surface area contributed by atoms with Gasteiger partial charge in [0.1, 0.15) is 0 Å². The molecule has 1 saturated heterocycles. The summed E-state index contributed by atoms with van der Waals surface area (Å²) >= 11 is 3.94. The predicted octanol–water partition coefficient (Wildman–Crippen LogP) is 7.94. The van der Waals surface area contributed by atoms with Crippen LogP contribution in [0, 0.1) is 10.1 Å². The molecule has 0 amide bonds. The summed E-state index contributed by atoms with van der Waals surface area (Å²) in [5.74, 6) is 2.19. The van der Waals surface area contributed by atoms with Crippen molar-refractivity contribution in [2.75, 3.05) is 16.4 Å². The zero-order valence-electron chi connectivity index (χ0n) is 18.5. The molecule has 0 radical (unpaired) electrons. The van der Waals surface area contributed by atoms with E-state index in [1.807, 2.05) is 47.8 Å². The fraction of sp³-hybridized carbons (Fsp3) is 0.143. The van der Waals surface area contributed by atoms with Gasteiger partial charge in [0.2, 0.25) is 0 Å². The zero-order valence-corrected chi connectivity index (χ0v) is 20.2. The fourth-order valence-electron chi connectivity index (χ4n) is 4.30. The van der Waals surface area contributed by atoms with E-state index in [0.29, 0.717) is 0 Å². The third-order valence-corrected chi connectivity index (χ3v) is 9.41. The number of hydrogen-bond donors (Lipinski definition) is 0. The van der Waals surface area contributed by atoms with E-state index in [2.05, 4.69) is 77.7 Å². The summed E-state index contributed by atoms with van der Waals surface area (Å²) in [7, 11) is 0. The molecular formula is C28H24N2O2S2. The van der Waals surface area contributed by atoms with E-state index in [1.54, 1.807) is 12.1 Å². The molecule has 0 atom stereocenters. The van der Waals surface area contributed by atoms with Gasteiger partial charge in [-0.05, 0) is 47.5 Å². The number of hydrogen-bond acceptors (Lipinski definition) is 5. The van der Waals surface area contributed by atoms with Crippen LogP contribution in [0.4, 0.5) is 22.7 Å². The Morgan fingerprint density at radius 1 is 0.706 bits per heavy atom. The first-order valence-electron chi connectivity index (χ1n) is 11.2. The van der Waals surface area contributed by atoms with Gasteiger partial charge in [-0.25, -0.2) is 0 Å². The lowest BCUT2D eigenvalue weighted by molar-refractivity contribution is -0.384. The number of benzene rings is 4. The van der Waals surface area contributed by atoms with Crippen molar-refractivity contribution in [2.45, 2.75) is 10.5 Å². The van der Waals surface area contributed by atoms with E-state index < -0.39 is 0 Å². The van der Waals surface area contributed by atoms with Crippen molar-refractivity contribution in [1.82, 2.24) is 0 Å². The Balaban J connectivity index is 1.47. The number of nitro groups is 1. The summed E-state index contributed by atoms with van der Waals surface area (Å²) in [6.07, 6.45) is 0.834.